The van der Waals surface area contributed by atoms with Gasteiger partial charge in [-0.1, -0.05) is 29.8 Å². The fourth-order valence-corrected chi connectivity index (χ4v) is 2.82. The lowest BCUT2D eigenvalue weighted by Crippen LogP contribution is -2.34. The second-order valence-electron chi connectivity index (χ2n) is 6.29. The minimum Gasteiger partial charge on any atom is -0.332 e. The lowest BCUT2D eigenvalue weighted by atomic mass is 10.1. The van der Waals surface area contributed by atoms with Crippen LogP contribution in [-0.4, -0.2) is 16.9 Å². The number of halogens is 1. The van der Waals surface area contributed by atoms with Gasteiger partial charge in [0.2, 0.25) is 0 Å². The first-order chi connectivity index (χ1) is 13.9. The topological polar surface area (TPSA) is 70.2 Å². The van der Waals surface area contributed by atoms with Crippen LogP contribution < -0.4 is 16.0 Å². The van der Waals surface area contributed by atoms with Gasteiger partial charge in [0.25, 0.3) is 11.8 Å². The van der Waals surface area contributed by atoms with E-state index in [0.717, 1.165) is 5.56 Å². The van der Waals surface area contributed by atoms with E-state index in [1.54, 1.807) is 36.4 Å². The summed E-state index contributed by atoms with van der Waals surface area (Å²) in [6.07, 6.45) is 0. The molecule has 3 N–H and O–H groups in total. The number of nitrogens with one attached hydrogen (secondary N) is 3. The maximum absolute atomic E-state index is 13.7. The molecule has 5 nitrogen and oxygen atoms in total. The van der Waals surface area contributed by atoms with Crippen LogP contribution in [0.5, 0.6) is 0 Å². The molecule has 3 aromatic rings. The summed E-state index contributed by atoms with van der Waals surface area (Å²) < 4.78 is 13.7. The highest BCUT2D eigenvalue weighted by molar-refractivity contribution is 7.80. The molecular weight excluding hydrogens is 389 g/mol. The van der Waals surface area contributed by atoms with Crippen LogP contribution in [0.15, 0.2) is 72.8 Å². The number of carbonyl (C=O) groups is 2. The normalized spacial score (nSPS) is 10.1. The molecule has 0 aliphatic rings. The van der Waals surface area contributed by atoms with Gasteiger partial charge in [0, 0.05) is 16.9 Å². The molecule has 146 valence electrons. The van der Waals surface area contributed by atoms with E-state index < -0.39 is 11.7 Å². The van der Waals surface area contributed by atoms with Crippen LogP contribution in [0.2, 0.25) is 0 Å². The molecule has 29 heavy (non-hydrogen) atoms. The Hall–Kier alpha value is -3.58. The third-order valence-electron chi connectivity index (χ3n) is 4.03. The number of hydrogen-bond acceptors (Lipinski definition) is 3. The minimum atomic E-state index is -0.636. The number of benzene rings is 3. The van der Waals surface area contributed by atoms with Gasteiger partial charge in [-0.05, 0) is 67.7 Å². The van der Waals surface area contributed by atoms with E-state index in [1.807, 2.05) is 25.1 Å². The molecule has 0 radical (unpaired) electrons. The summed E-state index contributed by atoms with van der Waals surface area (Å²) in [6.45, 7) is 1.92. The zero-order valence-electron chi connectivity index (χ0n) is 15.5. The highest BCUT2D eigenvalue weighted by atomic mass is 32.1. The van der Waals surface area contributed by atoms with Crippen LogP contribution in [0.25, 0.3) is 0 Å². The van der Waals surface area contributed by atoms with Crippen molar-refractivity contribution < 1.29 is 14.0 Å². The molecule has 0 unspecified atom stereocenters. The molecule has 0 fully saturated rings. The first-order valence-corrected chi connectivity index (χ1v) is 9.18. The molecule has 0 aliphatic heterocycles. The van der Waals surface area contributed by atoms with Crippen molar-refractivity contribution in [3.05, 3.63) is 95.3 Å². The maximum Gasteiger partial charge on any atom is 0.260 e. The van der Waals surface area contributed by atoms with Gasteiger partial charge in [-0.25, -0.2) is 4.39 Å². The van der Waals surface area contributed by atoms with Crippen LogP contribution in [0.4, 0.5) is 15.8 Å². The molecule has 3 aromatic carbocycles. The number of anilines is 2. The summed E-state index contributed by atoms with van der Waals surface area (Å²) in [5, 5.41) is 8.13. The average molecular weight is 407 g/mol. The number of amides is 2. The third-order valence-corrected chi connectivity index (χ3v) is 4.23. The van der Waals surface area contributed by atoms with E-state index in [1.165, 1.54) is 18.2 Å². The van der Waals surface area contributed by atoms with Crippen molar-refractivity contribution >= 4 is 40.5 Å². The molecule has 2 amide bonds. The largest absolute Gasteiger partial charge is 0.332 e. The first kappa shape index (κ1) is 20.2. The molecule has 0 saturated heterocycles. The molecule has 0 bridgehead atoms. The molecule has 7 heteroatoms. The van der Waals surface area contributed by atoms with E-state index in [0.29, 0.717) is 16.9 Å². The van der Waals surface area contributed by atoms with Gasteiger partial charge < -0.3 is 10.6 Å². The lowest BCUT2D eigenvalue weighted by Gasteiger charge is -2.11. The fraction of sp³-hybridized carbons (Fsp3) is 0.0455. The number of carbonyl (C=O) groups excluding carboxylic acids is 2. The van der Waals surface area contributed by atoms with Crippen molar-refractivity contribution in [1.29, 1.82) is 0 Å². The number of hydrogen-bond donors (Lipinski definition) is 3. The Bertz CT molecular complexity index is 1070. The van der Waals surface area contributed by atoms with Crippen molar-refractivity contribution in [3.8, 4) is 0 Å². The van der Waals surface area contributed by atoms with Crippen molar-refractivity contribution in [1.82, 2.24) is 5.32 Å². The van der Waals surface area contributed by atoms with Gasteiger partial charge in [0.15, 0.2) is 5.11 Å². The molecule has 0 saturated carbocycles. The van der Waals surface area contributed by atoms with E-state index in [2.05, 4.69) is 16.0 Å². The summed E-state index contributed by atoms with van der Waals surface area (Å²) in [7, 11) is 0. The second-order valence-corrected chi connectivity index (χ2v) is 6.70. The Balaban J connectivity index is 1.57. The van der Waals surface area contributed by atoms with Crippen LogP contribution in [0.3, 0.4) is 0 Å². The Morgan fingerprint density at radius 2 is 1.48 bits per heavy atom. The molecule has 0 spiro atoms. The zero-order valence-corrected chi connectivity index (χ0v) is 16.3. The Morgan fingerprint density at radius 3 is 2.14 bits per heavy atom. The van der Waals surface area contributed by atoms with Crippen molar-refractivity contribution in [2.45, 2.75) is 6.92 Å². The van der Waals surface area contributed by atoms with Crippen LogP contribution in [0.1, 0.15) is 26.3 Å². The maximum atomic E-state index is 13.7. The highest BCUT2D eigenvalue weighted by Gasteiger charge is 2.12. The zero-order chi connectivity index (χ0) is 20.8. The summed E-state index contributed by atoms with van der Waals surface area (Å²) in [6, 6.07) is 19.8. The van der Waals surface area contributed by atoms with Gasteiger partial charge in [-0.15, -0.1) is 0 Å². The van der Waals surface area contributed by atoms with Crippen molar-refractivity contribution in [3.63, 3.8) is 0 Å². The Morgan fingerprint density at radius 1 is 0.828 bits per heavy atom. The van der Waals surface area contributed by atoms with E-state index >= 15 is 0 Å². The van der Waals surface area contributed by atoms with Gasteiger partial charge in [-0.3, -0.25) is 14.9 Å². The third kappa shape index (κ3) is 5.46. The molecule has 0 aliphatic carbocycles. The lowest BCUT2D eigenvalue weighted by molar-refractivity contribution is 0.0972. The van der Waals surface area contributed by atoms with E-state index in [4.69, 9.17) is 12.2 Å². The van der Waals surface area contributed by atoms with Crippen LogP contribution >= 0.6 is 12.2 Å². The summed E-state index contributed by atoms with van der Waals surface area (Å²) in [5.74, 6) is -1.47. The number of rotatable bonds is 4. The molecule has 3 rings (SSSR count). The Labute approximate surface area is 173 Å². The Kier molecular flexibility index (Phi) is 6.31. The SMILES string of the molecule is Cc1cccc(C(=O)Nc2ccc(NC(=S)NC(=O)c3ccccc3F)cc2)c1. The van der Waals surface area contributed by atoms with Crippen LogP contribution in [-0.2, 0) is 0 Å². The molecule has 0 aromatic heterocycles. The van der Waals surface area contributed by atoms with Crippen molar-refractivity contribution in [2.24, 2.45) is 0 Å². The van der Waals surface area contributed by atoms with E-state index in [9.17, 15) is 14.0 Å². The molecular formula is C22H18FN3O2S. The summed E-state index contributed by atoms with van der Waals surface area (Å²) in [4.78, 5) is 24.4. The smallest absolute Gasteiger partial charge is 0.260 e. The van der Waals surface area contributed by atoms with Gasteiger partial charge in [-0.2, -0.15) is 0 Å². The van der Waals surface area contributed by atoms with Crippen molar-refractivity contribution in [2.75, 3.05) is 10.6 Å². The van der Waals surface area contributed by atoms with Gasteiger partial charge in [0.1, 0.15) is 5.82 Å². The minimum absolute atomic E-state index is 0.0369. The second kappa shape index (κ2) is 9.07. The van der Waals surface area contributed by atoms with Gasteiger partial charge in [0.05, 0.1) is 5.56 Å². The first-order valence-electron chi connectivity index (χ1n) is 8.77. The fourth-order valence-electron chi connectivity index (χ4n) is 2.60. The molecule has 0 atom stereocenters. The standard InChI is InChI=1S/C22H18FN3O2S/c1-14-5-4-6-15(13-14)20(27)24-16-9-11-17(12-10-16)25-22(29)26-21(28)18-7-2-3-8-19(18)23/h2-13H,1H3,(H,24,27)(H2,25,26,28,29). The predicted molar refractivity (Wildman–Crippen MR) is 116 cm³/mol. The monoisotopic (exact) mass is 407 g/mol. The quantitative estimate of drug-likeness (QED) is 0.557. The predicted octanol–water partition coefficient (Wildman–Crippen LogP) is 4.51. The van der Waals surface area contributed by atoms with E-state index in [-0.39, 0.29) is 16.6 Å². The van der Waals surface area contributed by atoms with Crippen LogP contribution in [0, 0.1) is 12.7 Å². The average Bonchev–Trinajstić information content (AvgIpc) is 2.69. The summed E-state index contributed by atoms with van der Waals surface area (Å²) in [5.41, 5.74) is 2.71. The number of aryl methyl sites for hydroxylation is 1. The van der Waals surface area contributed by atoms with Gasteiger partial charge >= 0.3 is 0 Å². The molecule has 0 heterocycles. The number of thiocarbonyl (C=S) groups is 1. The summed E-state index contributed by atoms with van der Waals surface area (Å²) >= 11 is 5.10. The highest BCUT2D eigenvalue weighted by Crippen LogP contribution is 2.15.